The number of ether oxygens (including phenoxy) is 1. The van der Waals surface area contributed by atoms with Crippen LogP contribution in [0, 0.1) is 11.8 Å². The molecule has 18 heavy (non-hydrogen) atoms. The van der Waals surface area contributed by atoms with E-state index >= 15 is 0 Å². The van der Waals surface area contributed by atoms with E-state index in [1.165, 1.54) is 0 Å². The van der Waals surface area contributed by atoms with Crippen molar-refractivity contribution in [3.8, 4) is 0 Å². The number of benzene rings is 1. The third kappa shape index (κ3) is 2.08. The van der Waals surface area contributed by atoms with Crippen molar-refractivity contribution in [2.45, 2.75) is 24.9 Å². The Bertz CT molecular complexity index is 457. The zero-order valence-corrected chi connectivity index (χ0v) is 11.5. The highest BCUT2D eigenvalue weighted by Gasteiger charge is 2.47. The van der Waals surface area contributed by atoms with Crippen LogP contribution in [0.2, 0.25) is 0 Å². The molecule has 3 rings (SSSR count). The number of cyclic esters (lactones) is 1. The molecule has 0 unspecified atom stereocenters. The first-order chi connectivity index (χ1) is 8.65. The molecule has 4 heteroatoms. The van der Waals surface area contributed by atoms with E-state index in [0.29, 0.717) is 19.4 Å². The van der Waals surface area contributed by atoms with E-state index in [2.05, 4.69) is 15.9 Å². The molecule has 2 fully saturated rings. The lowest BCUT2D eigenvalue weighted by Crippen LogP contribution is -2.34. The van der Waals surface area contributed by atoms with Gasteiger partial charge in [0, 0.05) is 16.3 Å². The number of aliphatic hydroxyl groups excluding tert-OH is 1. The summed E-state index contributed by atoms with van der Waals surface area (Å²) in [7, 11) is 0. The van der Waals surface area contributed by atoms with Crippen molar-refractivity contribution in [1.82, 2.24) is 0 Å². The SMILES string of the molecule is O=C1OC[C@@H]2C[C@H](O)C[C@H](c3ccc(Br)cc3)[C@H]12. The number of hydrogen-bond donors (Lipinski definition) is 1. The average Bonchev–Trinajstić information content (AvgIpc) is 2.71. The second-order valence-corrected chi connectivity index (χ2v) is 6.11. The quantitative estimate of drug-likeness (QED) is 0.811. The zero-order chi connectivity index (χ0) is 12.7. The summed E-state index contributed by atoms with van der Waals surface area (Å²) in [4.78, 5) is 11.9. The van der Waals surface area contributed by atoms with Crippen LogP contribution in [-0.2, 0) is 9.53 Å². The van der Waals surface area contributed by atoms with Gasteiger partial charge in [-0.3, -0.25) is 4.79 Å². The predicted molar refractivity (Wildman–Crippen MR) is 70.1 cm³/mol. The Balaban J connectivity index is 1.93. The van der Waals surface area contributed by atoms with Crippen LogP contribution >= 0.6 is 15.9 Å². The molecule has 1 aromatic carbocycles. The molecule has 1 heterocycles. The topological polar surface area (TPSA) is 46.5 Å². The van der Waals surface area contributed by atoms with Crippen LogP contribution in [0.25, 0.3) is 0 Å². The molecule has 1 aliphatic heterocycles. The van der Waals surface area contributed by atoms with Gasteiger partial charge in [-0.25, -0.2) is 0 Å². The molecular formula is C14H15BrO3. The summed E-state index contributed by atoms with van der Waals surface area (Å²) in [6.45, 7) is 0.466. The predicted octanol–water partition coefficient (Wildman–Crippen LogP) is 2.48. The number of carbonyl (C=O) groups is 1. The van der Waals surface area contributed by atoms with E-state index < -0.39 is 0 Å². The zero-order valence-electron chi connectivity index (χ0n) is 9.88. The van der Waals surface area contributed by atoms with Gasteiger partial charge >= 0.3 is 5.97 Å². The second-order valence-electron chi connectivity index (χ2n) is 5.20. The van der Waals surface area contributed by atoms with Gasteiger partial charge in [-0.1, -0.05) is 28.1 Å². The van der Waals surface area contributed by atoms with Crippen LogP contribution in [0.1, 0.15) is 24.3 Å². The fourth-order valence-electron chi connectivity index (χ4n) is 3.23. The Labute approximate surface area is 114 Å². The van der Waals surface area contributed by atoms with E-state index in [1.54, 1.807) is 0 Å². The maximum absolute atomic E-state index is 11.9. The van der Waals surface area contributed by atoms with Gasteiger partial charge in [-0.05, 0) is 30.5 Å². The van der Waals surface area contributed by atoms with E-state index in [-0.39, 0.29) is 29.8 Å². The van der Waals surface area contributed by atoms with Crippen molar-refractivity contribution in [2.24, 2.45) is 11.8 Å². The minimum atomic E-state index is -0.325. The number of carbonyl (C=O) groups excluding carboxylic acids is 1. The first-order valence-corrected chi connectivity index (χ1v) is 7.04. The Morgan fingerprint density at radius 2 is 1.94 bits per heavy atom. The standard InChI is InChI=1S/C14H15BrO3/c15-10-3-1-8(2-4-10)12-6-11(16)5-9-7-18-14(17)13(9)12/h1-4,9,11-13,16H,5-7H2/t9-,11-,12+,13+/m0/s1. The smallest absolute Gasteiger partial charge is 0.309 e. The first kappa shape index (κ1) is 12.2. The summed E-state index contributed by atoms with van der Waals surface area (Å²) in [6, 6.07) is 8.00. The lowest BCUT2D eigenvalue weighted by molar-refractivity contribution is -0.142. The molecule has 4 atom stereocenters. The number of esters is 1. The lowest BCUT2D eigenvalue weighted by atomic mass is 9.69. The molecule has 1 aliphatic carbocycles. The molecular weight excluding hydrogens is 296 g/mol. The van der Waals surface area contributed by atoms with Crippen LogP contribution in [0.5, 0.6) is 0 Å². The van der Waals surface area contributed by atoms with Crippen molar-refractivity contribution in [1.29, 1.82) is 0 Å². The van der Waals surface area contributed by atoms with Gasteiger partial charge in [0.05, 0.1) is 18.6 Å². The fourth-order valence-corrected chi connectivity index (χ4v) is 3.49. The monoisotopic (exact) mass is 310 g/mol. The first-order valence-electron chi connectivity index (χ1n) is 6.25. The minimum Gasteiger partial charge on any atom is -0.465 e. The van der Waals surface area contributed by atoms with Crippen LogP contribution in [0.3, 0.4) is 0 Å². The average molecular weight is 311 g/mol. The summed E-state index contributed by atoms with van der Waals surface area (Å²) in [5, 5.41) is 9.95. The van der Waals surface area contributed by atoms with Crippen molar-refractivity contribution < 1.29 is 14.6 Å². The van der Waals surface area contributed by atoms with Crippen molar-refractivity contribution >= 4 is 21.9 Å². The fraction of sp³-hybridized carbons (Fsp3) is 0.500. The Morgan fingerprint density at radius 3 is 2.67 bits per heavy atom. The molecule has 0 bridgehead atoms. The number of halogens is 1. The Morgan fingerprint density at radius 1 is 1.22 bits per heavy atom. The van der Waals surface area contributed by atoms with Crippen LogP contribution in [0.4, 0.5) is 0 Å². The molecule has 3 nitrogen and oxygen atoms in total. The highest BCUT2D eigenvalue weighted by Crippen LogP contribution is 2.45. The Hall–Kier alpha value is -0.870. The van der Waals surface area contributed by atoms with Gasteiger partial charge in [0.1, 0.15) is 0 Å². The Kier molecular flexibility index (Phi) is 3.16. The molecule has 0 aromatic heterocycles. The third-order valence-corrected chi connectivity index (χ3v) is 4.58. The molecule has 1 aromatic rings. The van der Waals surface area contributed by atoms with Gasteiger partial charge in [0.25, 0.3) is 0 Å². The highest BCUT2D eigenvalue weighted by molar-refractivity contribution is 9.10. The van der Waals surface area contributed by atoms with Crippen LogP contribution in [0.15, 0.2) is 28.7 Å². The molecule has 96 valence electrons. The maximum Gasteiger partial charge on any atom is 0.309 e. The van der Waals surface area contributed by atoms with Crippen molar-refractivity contribution in [3.63, 3.8) is 0 Å². The van der Waals surface area contributed by atoms with E-state index in [1.807, 2.05) is 24.3 Å². The van der Waals surface area contributed by atoms with E-state index in [9.17, 15) is 9.90 Å². The summed E-state index contributed by atoms with van der Waals surface area (Å²) in [6.07, 6.45) is 1.01. The molecule has 0 amide bonds. The third-order valence-electron chi connectivity index (χ3n) is 4.05. The van der Waals surface area contributed by atoms with Gasteiger partial charge in [0.15, 0.2) is 0 Å². The number of aliphatic hydroxyl groups is 1. The molecule has 1 saturated carbocycles. The highest BCUT2D eigenvalue weighted by atomic mass is 79.9. The molecule has 0 spiro atoms. The number of fused-ring (bicyclic) bond motifs is 1. The largest absolute Gasteiger partial charge is 0.465 e. The van der Waals surface area contributed by atoms with Gasteiger partial charge in [-0.15, -0.1) is 0 Å². The normalized spacial score (nSPS) is 35.1. The lowest BCUT2D eigenvalue weighted by Gasteiger charge is -2.33. The summed E-state index contributed by atoms with van der Waals surface area (Å²) >= 11 is 3.41. The second kappa shape index (κ2) is 4.67. The van der Waals surface area contributed by atoms with Crippen LogP contribution < -0.4 is 0 Å². The van der Waals surface area contributed by atoms with E-state index in [4.69, 9.17) is 4.74 Å². The molecule has 1 N–H and O–H groups in total. The molecule has 1 saturated heterocycles. The number of hydrogen-bond acceptors (Lipinski definition) is 3. The summed E-state index contributed by atoms with van der Waals surface area (Å²) < 4.78 is 6.19. The maximum atomic E-state index is 11.9. The van der Waals surface area contributed by atoms with Gasteiger partial charge < -0.3 is 9.84 Å². The van der Waals surface area contributed by atoms with Gasteiger partial charge in [0.2, 0.25) is 0 Å². The molecule has 0 radical (unpaired) electrons. The van der Waals surface area contributed by atoms with Crippen molar-refractivity contribution in [2.75, 3.05) is 6.61 Å². The minimum absolute atomic E-state index is 0.0745. The van der Waals surface area contributed by atoms with Crippen molar-refractivity contribution in [3.05, 3.63) is 34.3 Å². The summed E-state index contributed by atoms with van der Waals surface area (Å²) in [5.41, 5.74) is 1.12. The molecule has 2 aliphatic rings. The van der Waals surface area contributed by atoms with Gasteiger partial charge in [-0.2, -0.15) is 0 Å². The number of rotatable bonds is 1. The van der Waals surface area contributed by atoms with E-state index in [0.717, 1.165) is 10.0 Å². The summed E-state index contributed by atoms with van der Waals surface area (Å²) in [5.74, 6) is 0.0890. The van der Waals surface area contributed by atoms with Crippen LogP contribution in [-0.4, -0.2) is 23.8 Å².